The van der Waals surface area contributed by atoms with Gasteiger partial charge in [0, 0.05) is 24.7 Å². The molecule has 0 unspecified atom stereocenters. The Bertz CT molecular complexity index is 493. The highest BCUT2D eigenvalue weighted by molar-refractivity contribution is 7.92. The van der Waals surface area contributed by atoms with Crippen LogP contribution >= 0.6 is 12.6 Å². The molecule has 0 aliphatic rings. The van der Waals surface area contributed by atoms with Crippen LogP contribution in [-0.4, -0.2) is 28.3 Å². The fourth-order valence-corrected chi connectivity index (χ4v) is 3.01. The third-order valence-electron chi connectivity index (χ3n) is 2.13. The normalized spacial score (nSPS) is 11.2. The molecule has 0 saturated carbocycles. The average Bonchev–Trinajstić information content (AvgIpc) is 2.17. The van der Waals surface area contributed by atoms with Crippen molar-refractivity contribution in [1.82, 2.24) is 0 Å². The van der Waals surface area contributed by atoms with Gasteiger partial charge in [0.25, 0.3) is 0 Å². The lowest BCUT2D eigenvalue weighted by atomic mass is 10.3. The molecule has 0 spiro atoms. The van der Waals surface area contributed by atoms with Gasteiger partial charge in [0.05, 0.1) is 10.6 Å². The molecule has 0 amide bonds. The first-order valence-electron chi connectivity index (χ1n) is 4.72. The maximum absolute atomic E-state index is 11.9. The predicted octanol–water partition coefficient (Wildman–Crippen LogP) is 2.00. The van der Waals surface area contributed by atoms with E-state index in [9.17, 15) is 8.42 Å². The van der Waals surface area contributed by atoms with Crippen LogP contribution in [0, 0.1) is 0 Å². The first-order chi connectivity index (χ1) is 7.38. The molecule has 1 aromatic carbocycles. The number of benzene rings is 1. The highest BCUT2D eigenvalue weighted by atomic mass is 32.2. The van der Waals surface area contributed by atoms with Crippen molar-refractivity contribution in [3.8, 4) is 0 Å². The van der Waals surface area contributed by atoms with Crippen molar-refractivity contribution in [2.24, 2.45) is 0 Å². The zero-order chi connectivity index (χ0) is 12.3. The second-order valence-electron chi connectivity index (χ2n) is 3.62. The molecule has 0 heterocycles. The Hall–Kier alpha value is -0.940. The minimum atomic E-state index is -3.32. The van der Waals surface area contributed by atoms with Gasteiger partial charge in [0.15, 0.2) is 9.84 Å². The number of anilines is 1. The fourth-order valence-electron chi connectivity index (χ4n) is 1.28. The number of sulfone groups is 1. The van der Waals surface area contributed by atoms with Gasteiger partial charge < -0.3 is 4.90 Å². The Morgan fingerprint density at radius 2 is 2.06 bits per heavy atom. The summed E-state index contributed by atoms with van der Waals surface area (Å²) in [5.41, 5.74) is 0.834. The molecule has 88 valence electrons. The van der Waals surface area contributed by atoms with Gasteiger partial charge in [-0.15, -0.1) is 19.2 Å². The van der Waals surface area contributed by atoms with Gasteiger partial charge in [0.2, 0.25) is 0 Å². The van der Waals surface area contributed by atoms with Gasteiger partial charge in [-0.2, -0.15) is 0 Å². The molecule has 16 heavy (non-hydrogen) atoms. The van der Waals surface area contributed by atoms with Crippen molar-refractivity contribution < 1.29 is 8.42 Å². The summed E-state index contributed by atoms with van der Waals surface area (Å²) in [6.07, 6.45) is 1.38. The Kier molecular flexibility index (Phi) is 4.04. The fraction of sp³-hybridized carbons (Fsp3) is 0.273. The summed E-state index contributed by atoms with van der Waals surface area (Å²) in [5.74, 6) is -0.0720. The number of hydrogen-bond donors (Lipinski definition) is 1. The molecule has 0 N–H and O–H groups in total. The molecule has 0 aliphatic carbocycles. The van der Waals surface area contributed by atoms with Crippen molar-refractivity contribution in [2.45, 2.75) is 9.79 Å². The molecule has 0 aromatic heterocycles. The van der Waals surface area contributed by atoms with Crippen LogP contribution in [0.25, 0.3) is 0 Å². The van der Waals surface area contributed by atoms with Gasteiger partial charge in [-0.1, -0.05) is 6.08 Å². The Balaban J connectivity index is 3.32. The van der Waals surface area contributed by atoms with E-state index >= 15 is 0 Å². The topological polar surface area (TPSA) is 37.4 Å². The van der Waals surface area contributed by atoms with Crippen molar-refractivity contribution >= 4 is 28.2 Å². The highest BCUT2D eigenvalue weighted by Crippen LogP contribution is 2.25. The predicted molar refractivity (Wildman–Crippen MR) is 70.3 cm³/mol. The second kappa shape index (κ2) is 4.93. The molecule has 1 rings (SSSR count). The lowest BCUT2D eigenvalue weighted by molar-refractivity contribution is 0.597. The van der Waals surface area contributed by atoms with Crippen LogP contribution in [0.3, 0.4) is 0 Å². The van der Waals surface area contributed by atoms with Gasteiger partial charge in [-0.05, 0) is 18.2 Å². The first-order valence-corrected chi connectivity index (χ1v) is 6.82. The molecular formula is C11H15NO2S2. The van der Waals surface area contributed by atoms with Crippen LogP contribution in [0.1, 0.15) is 0 Å². The van der Waals surface area contributed by atoms with E-state index in [-0.39, 0.29) is 10.6 Å². The van der Waals surface area contributed by atoms with E-state index in [0.717, 1.165) is 5.69 Å². The van der Waals surface area contributed by atoms with Gasteiger partial charge >= 0.3 is 0 Å². The summed E-state index contributed by atoms with van der Waals surface area (Å²) in [7, 11) is 0.399. The Morgan fingerprint density at radius 1 is 1.44 bits per heavy atom. The van der Waals surface area contributed by atoms with E-state index in [4.69, 9.17) is 0 Å². The van der Waals surface area contributed by atoms with Crippen LogP contribution in [0.15, 0.2) is 40.6 Å². The average molecular weight is 257 g/mol. The third-order valence-corrected chi connectivity index (χ3v) is 4.36. The quantitative estimate of drug-likeness (QED) is 0.662. The lowest BCUT2D eigenvalue weighted by Gasteiger charge is -2.14. The maximum Gasteiger partial charge on any atom is 0.183 e. The van der Waals surface area contributed by atoms with E-state index in [1.54, 1.807) is 12.1 Å². The molecule has 5 heteroatoms. The molecule has 1 aromatic rings. The van der Waals surface area contributed by atoms with Crippen molar-refractivity contribution in [3.63, 3.8) is 0 Å². The first kappa shape index (κ1) is 13.1. The van der Waals surface area contributed by atoms with Crippen molar-refractivity contribution in [2.75, 3.05) is 24.7 Å². The Labute approximate surface area is 102 Å². The van der Waals surface area contributed by atoms with Crippen LogP contribution in [0.5, 0.6) is 0 Å². The maximum atomic E-state index is 11.9. The molecule has 0 radical (unpaired) electrons. The minimum absolute atomic E-state index is 0.0720. The molecule has 0 aliphatic heterocycles. The zero-order valence-corrected chi connectivity index (χ0v) is 11.1. The van der Waals surface area contributed by atoms with Crippen molar-refractivity contribution in [1.29, 1.82) is 0 Å². The van der Waals surface area contributed by atoms with Gasteiger partial charge in [0.1, 0.15) is 0 Å². The number of thiol groups is 1. The molecule has 0 atom stereocenters. The van der Waals surface area contributed by atoms with E-state index in [0.29, 0.717) is 4.90 Å². The molecular weight excluding hydrogens is 242 g/mol. The van der Waals surface area contributed by atoms with Crippen LogP contribution < -0.4 is 4.90 Å². The van der Waals surface area contributed by atoms with E-state index in [1.165, 1.54) is 6.08 Å². The molecule has 0 fully saturated rings. The van der Waals surface area contributed by atoms with Crippen LogP contribution in [0.4, 0.5) is 5.69 Å². The van der Waals surface area contributed by atoms with Crippen molar-refractivity contribution in [3.05, 3.63) is 30.9 Å². The van der Waals surface area contributed by atoms with Gasteiger partial charge in [-0.25, -0.2) is 8.42 Å². The summed E-state index contributed by atoms with van der Waals surface area (Å²) in [4.78, 5) is 2.56. The van der Waals surface area contributed by atoms with E-state index < -0.39 is 9.84 Å². The third kappa shape index (κ3) is 2.80. The summed E-state index contributed by atoms with van der Waals surface area (Å²) in [5, 5.41) is 0. The highest BCUT2D eigenvalue weighted by Gasteiger charge is 2.16. The summed E-state index contributed by atoms with van der Waals surface area (Å²) in [6.45, 7) is 3.44. The molecule has 0 saturated heterocycles. The van der Waals surface area contributed by atoms with E-state index in [1.807, 2.05) is 25.1 Å². The molecule has 3 nitrogen and oxygen atoms in total. The van der Waals surface area contributed by atoms with Crippen LogP contribution in [-0.2, 0) is 9.84 Å². The summed E-state index contributed by atoms with van der Waals surface area (Å²) >= 11 is 4.17. The second-order valence-corrected chi connectivity index (χ2v) is 6.10. The number of nitrogens with zero attached hydrogens (tertiary/aromatic N) is 1. The molecule has 0 bridgehead atoms. The SMILES string of the molecule is C=CCS(=O)(=O)c1cc(N(C)C)ccc1S. The standard InChI is InChI=1S/C11H15NO2S2/c1-4-7-16(13,14)11-8-9(12(2)3)5-6-10(11)15/h4-6,8,15H,1,7H2,2-3H3. The lowest BCUT2D eigenvalue weighted by Crippen LogP contribution is -2.11. The van der Waals surface area contributed by atoms with Crippen LogP contribution in [0.2, 0.25) is 0 Å². The Morgan fingerprint density at radius 3 is 2.56 bits per heavy atom. The zero-order valence-electron chi connectivity index (χ0n) is 9.34. The number of rotatable bonds is 4. The summed E-state index contributed by atoms with van der Waals surface area (Å²) < 4.78 is 23.8. The summed E-state index contributed by atoms with van der Waals surface area (Å²) in [6, 6.07) is 5.14. The minimum Gasteiger partial charge on any atom is -0.378 e. The monoisotopic (exact) mass is 257 g/mol. The number of hydrogen-bond acceptors (Lipinski definition) is 4. The van der Waals surface area contributed by atoms with E-state index in [2.05, 4.69) is 19.2 Å². The largest absolute Gasteiger partial charge is 0.378 e. The smallest absolute Gasteiger partial charge is 0.183 e. The van der Waals surface area contributed by atoms with Gasteiger partial charge in [-0.3, -0.25) is 0 Å².